The summed E-state index contributed by atoms with van der Waals surface area (Å²) in [4.78, 5) is 0. The van der Waals surface area contributed by atoms with Crippen LogP contribution in [0.15, 0.2) is 0 Å². The number of hydrogen-bond donors (Lipinski definition) is 1. The van der Waals surface area contributed by atoms with Crippen molar-refractivity contribution in [1.29, 1.82) is 0 Å². The second-order valence-corrected chi connectivity index (χ2v) is 48.0. The molecule has 0 saturated heterocycles. The van der Waals surface area contributed by atoms with E-state index in [0.717, 1.165) is 12.8 Å². The minimum absolute atomic E-state index is 0.281. The first kappa shape index (κ1) is 15.6. The van der Waals surface area contributed by atoms with E-state index in [-0.39, 0.29) is 6.61 Å². The van der Waals surface area contributed by atoms with E-state index in [1.54, 1.807) is 0 Å². The first-order chi connectivity index (χ1) is 4.65. The summed E-state index contributed by atoms with van der Waals surface area (Å²) < 4.78 is 0. The maximum absolute atomic E-state index is 8.03. The monoisotopic (exact) mass is 429 g/mol. The van der Waals surface area contributed by atoms with Gasteiger partial charge in [0.15, 0.2) is 0 Å². The Bertz CT molecular complexity index is 79.4. The van der Waals surface area contributed by atoms with Gasteiger partial charge >= 0.3 is 56.4 Å². The standard InChI is InChI=1S/C4H9O.5ClH.Ta/c1-2-3-4-5;;;;;;/h5H,1-4H2;5*1H;/q-1;;;;;;+5/p-5. The van der Waals surface area contributed by atoms with Gasteiger partial charge < -0.3 is 12.0 Å². The molecular formula is C4H9Cl5OTa-. The van der Waals surface area contributed by atoms with Crippen LogP contribution in [-0.4, -0.2) is 11.7 Å². The van der Waals surface area contributed by atoms with Gasteiger partial charge in [0.2, 0.25) is 0 Å². The van der Waals surface area contributed by atoms with Crippen molar-refractivity contribution in [2.45, 2.75) is 12.8 Å². The number of rotatable bonds is 2. The topological polar surface area (TPSA) is 20.2 Å². The van der Waals surface area contributed by atoms with Crippen molar-refractivity contribution in [3.05, 3.63) is 6.92 Å². The van der Waals surface area contributed by atoms with Crippen LogP contribution in [0.1, 0.15) is 12.8 Å². The molecule has 11 heavy (non-hydrogen) atoms. The zero-order valence-corrected chi connectivity index (χ0v) is 12.6. The van der Waals surface area contributed by atoms with E-state index in [9.17, 15) is 0 Å². The Hall–Kier alpha value is 2.15. The number of hydrogen-bond acceptors (Lipinski definition) is 1. The molecule has 0 heterocycles. The fraction of sp³-hybridized carbons (Fsp3) is 0.750. The van der Waals surface area contributed by atoms with Gasteiger partial charge in [-0.15, -0.1) is 0 Å². The van der Waals surface area contributed by atoms with Gasteiger partial charge in [0, 0.05) is 6.61 Å². The summed E-state index contributed by atoms with van der Waals surface area (Å²) in [5, 5.41) is 8.03. The van der Waals surface area contributed by atoms with Crippen molar-refractivity contribution in [2.24, 2.45) is 0 Å². The third-order valence-electron chi connectivity index (χ3n) is 0.408. The zero-order valence-electron chi connectivity index (χ0n) is 5.61. The second-order valence-electron chi connectivity index (χ2n) is 1.57. The van der Waals surface area contributed by atoms with E-state index in [1.807, 2.05) is 0 Å². The van der Waals surface area contributed by atoms with Crippen molar-refractivity contribution >= 4 is 45.9 Å². The number of aliphatic hydroxyl groups excluding tert-OH is 1. The molecule has 1 nitrogen and oxygen atoms in total. The summed E-state index contributed by atoms with van der Waals surface area (Å²) in [7, 11) is 20.9. The summed E-state index contributed by atoms with van der Waals surface area (Å²) in [5.74, 6) is 0. The molecule has 0 spiro atoms. The molecule has 0 aliphatic carbocycles. The predicted molar refractivity (Wildman–Crippen MR) is 50.9 cm³/mol. The Labute approximate surface area is 87.0 Å². The molecule has 0 aromatic heterocycles. The molecule has 72 valence electrons. The van der Waals surface area contributed by atoms with E-state index < -0.39 is 10.4 Å². The zero-order chi connectivity index (χ0) is 9.57. The summed E-state index contributed by atoms with van der Waals surface area (Å²) in [5.41, 5.74) is 0. The van der Waals surface area contributed by atoms with Gasteiger partial charge in [-0.25, -0.2) is 0 Å². The normalized spacial score (nSPS) is 14.3. The fourth-order valence-electron chi connectivity index (χ4n) is 0.112. The van der Waals surface area contributed by atoms with Crippen LogP contribution in [0.3, 0.4) is 0 Å². The molecule has 0 fully saturated rings. The Morgan fingerprint density at radius 1 is 1.09 bits per heavy atom. The van der Waals surface area contributed by atoms with Gasteiger partial charge in [-0.3, -0.25) is 0 Å². The summed E-state index contributed by atoms with van der Waals surface area (Å²) in [6.07, 6.45) is 1.68. The van der Waals surface area contributed by atoms with Crippen LogP contribution < -0.4 is 0 Å². The minimum atomic E-state index is -4.44. The SMILES string of the molecule is [CH2-]CCCO.[Cl][Ta]([Cl])([Cl])([Cl])[Cl]. The number of aliphatic hydroxyl groups is 1. The van der Waals surface area contributed by atoms with Crippen molar-refractivity contribution in [3.63, 3.8) is 0 Å². The van der Waals surface area contributed by atoms with Gasteiger partial charge in [-0.2, -0.15) is 6.42 Å². The third kappa shape index (κ3) is 72.7. The van der Waals surface area contributed by atoms with E-state index in [4.69, 9.17) is 51.1 Å². The van der Waals surface area contributed by atoms with Crippen molar-refractivity contribution < 1.29 is 15.5 Å². The quantitative estimate of drug-likeness (QED) is 0.655. The van der Waals surface area contributed by atoms with Crippen LogP contribution in [-0.2, 0) is 10.4 Å². The van der Waals surface area contributed by atoms with Crippen LogP contribution in [0.2, 0.25) is 0 Å². The Morgan fingerprint density at radius 2 is 1.36 bits per heavy atom. The molecule has 0 saturated carbocycles. The van der Waals surface area contributed by atoms with Crippen LogP contribution in [0.5, 0.6) is 0 Å². The van der Waals surface area contributed by atoms with Gasteiger partial charge in [0.05, 0.1) is 0 Å². The predicted octanol–water partition coefficient (Wildman–Crippen LogP) is 4.04. The first-order valence-corrected chi connectivity index (χ1v) is 22.6. The second kappa shape index (κ2) is 6.58. The molecule has 0 radical (unpaired) electrons. The van der Waals surface area contributed by atoms with Crippen LogP contribution in [0, 0.1) is 6.92 Å². The molecule has 0 unspecified atom stereocenters. The van der Waals surface area contributed by atoms with Gasteiger partial charge in [0.25, 0.3) is 0 Å². The molecular weight excluding hydrogens is 422 g/mol. The number of halogens is 5. The summed E-state index contributed by atoms with van der Waals surface area (Å²) in [6.45, 7) is 3.80. The molecule has 0 amide bonds. The van der Waals surface area contributed by atoms with E-state index in [0.29, 0.717) is 0 Å². The van der Waals surface area contributed by atoms with Gasteiger partial charge in [-0.1, -0.05) is 6.42 Å². The van der Waals surface area contributed by atoms with Crippen LogP contribution in [0.25, 0.3) is 0 Å². The Balaban J connectivity index is 0. The molecule has 7 heteroatoms. The molecule has 0 aromatic carbocycles. The molecule has 0 aliphatic heterocycles. The van der Waals surface area contributed by atoms with Gasteiger partial charge in [-0.05, 0) is 0 Å². The number of unbranched alkanes of at least 4 members (excludes halogenated alkanes) is 1. The third-order valence-corrected chi connectivity index (χ3v) is 0.408. The average Bonchev–Trinajstić information content (AvgIpc) is 1.60. The van der Waals surface area contributed by atoms with Crippen molar-refractivity contribution in [1.82, 2.24) is 0 Å². The molecule has 0 rings (SSSR count). The molecule has 0 bridgehead atoms. The molecule has 0 aliphatic rings. The first-order valence-electron chi connectivity index (χ1n) is 2.66. The van der Waals surface area contributed by atoms with Gasteiger partial charge in [0.1, 0.15) is 0 Å². The molecule has 0 atom stereocenters. The average molecular weight is 431 g/mol. The van der Waals surface area contributed by atoms with Crippen molar-refractivity contribution in [3.8, 4) is 0 Å². The van der Waals surface area contributed by atoms with E-state index >= 15 is 0 Å². The summed E-state index contributed by atoms with van der Waals surface area (Å²) in [6, 6.07) is 0. The Morgan fingerprint density at radius 3 is 1.36 bits per heavy atom. The van der Waals surface area contributed by atoms with E-state index in [2.05, 4.69) is 6.92 Å². The maximum atomic E-state index is 8.03. The van der Waals surface area contributed by atoms with Crippen molar-refractivity contribution in [2.75, 3.05) is 6.61 Å². The van der Waals surface area contributed by atoms with E-state index in [1.165, 1.54) is 0 Å². The fourth-order valence-corrected chi connectivity index (χ4v) is 0.112. The van der Waals surface area contributed by atoms with Crippen LogP contribution >= 0.6 is 45.9 Å². The summed E-state index contributed by atoms with van der Waals surface area (Å²) >= 11 is 0. The Kier molecular flexibility index (Phi) is 9.34. The van der Waals surface area contributed by atoms with Crippen LogP contribution in [0.4, 0.5) is 0 Å². The molecule has 0 aromatic rings. The molecule has 1 N–H and O–H groups in total.